The molecule has 1 aromatic heterocycles. The van der Waals surface area contributed by atoms with E-state index in [0.717, 1.165) is 55.7 Å². The number of nitrogens with two attached hydrogens (primary N) is 1. The average molecular weight is 438 g/mol. The minimum absolute atomic E-state index is 0.0528. The van der Waals surface area contributed by atoms with E-state index in [0.29, 0.717) is 27.5 Å². The highest BCUT2D eigenvalue weighted by molar-refractivity contribution is 6.33. The lowest BCUT2D eigenvalue weighted by atomic mass is 10.1. The molecule has 1 aromatic carbocycles. The predicted molar refractivity (Wildman–Crippen MR) is 125 cm³/mol. The molecule has 0 unspecified atom stereocenters. The molecule has 0 aliphatic carbocycles. The maximum Gasteiger partial charge on any atom is 0.173 e. The van der Waals surface area contributed by atoms with Gasteiger partial charge in [-0.1, -0.05) is 36.7 Å². The van der Waals surface area contributed by atoms with Crippen molar-refractivity contribution in [3.63, 3.8) is 0 Å². The molecule has 7 nitrogen and oxygen atoms in total. The number of nitrogens with one attached hydrogen (secondary N) is 2. The molecule has 3 heterocycles. The fourth-order valence-electron chi connectivity index (χ4n) is 3.93. The van der Waals surface area contributed by atoms with Crippen LogP contribution in [0.1, 0.15) is 19.5 Å². The van der Waals surface area contributed by atoms with Gasteiger partial charge in [0.05, 0.1) is 11.4 Å². The molecule has 4 rings (SSSR count). The van der Waals surface area contributed by atoms with E-state index in [4.69, 9.17) is 27.7 Å². The first-order valence-electron chi connectivity index (χ1n) is 10.6. The molecule has 31 heavy (non-hydrogen) atoms. The highest BCUT2D eigenvalue weighted by atomic mass is 35.5. The number of nitrogens with zero attached hydrogens (tertiary/aromatic N) is 4. The molecule has 0 saturated carbocycles. The number of hydrogen-bond acceptors (Lipinski definition) is 7. The lowest BCUT2D eigenvalue weighted by Gasteiger charge is -2.34. The SMILES string of the molecule is CCN1CCN(CC2=Cc3nc(=N)/c(=C(/C)N)nc(-c4ccccc4Cl)c3=CN2)CC1. The van der Waals surface area contributed by atoms with Gasteiger partial charge < -0.3 is 16.0 Å². The summed E-state index contributed by atoms with van der Waals surface area (Å²) < 4.78 is 0. The Morgan fingerprint density at radius 2 is 1.87 bits per heavy atom. The number of aromatic nitrogens is 2. The van der Waals surface area contributed by atoms with Crippen molar-refractivity contribution in [1.29, 1.82) is 5.41 Å². The van der Waals surface area contributed by atoms with Crippen LogP contribution in [0.3, 0.4) is 0 Å². The van der Waals surface area contributed by atoms with Crippen molar-refractivity contribution in [3.05, 3.63) is 56.7 Å². The van der Waals surface area contributed by atoms with Crippen LogP contribution >= 0.6 is 11.6 Å². The summed E-state index contributed by atoms with van der Waals surface area (Å²) in [5, 5.41) is 13.6. The Morgan fingerprint density at radius 3 is 2.55 bits per heavy atom. The van der Waals surface area contributed by atoms with Gasteiger partial charge in [-0.3, -0.25) is 10.3 Å². The van der Waals surface area contributed by atoms with Crippen LogP contribution in [0.2, 0.25) is 5.02 Å². The molecule has 1 fully saturated rings. The Labute approximate surface area is 187 Å². The quantitative estimate of drug-likeness (QED) is 0.651. The lowest BCUT2D eigenvalue weighted by molar-refractivity contribution is 0.145. The second kappa shape index (κ2) is 9.18. The highest BCUT2D eigenvalue weighted by Gasteiger charge is 2.18. The number of hydrogen-bond donors (Lipinski definition) is 3. The van der Waals surface area contributed by atoms with Crippen molar-refractivity contribution in [3.8, 4) is 11.3 Å². The Kier molecular flexibility index (Phi) is 6.36. The minimum atomic E-state index is 0.0528. The summed E-state index contributed by atoms with van der Waals surface area (Å²) >= 11 is 6.49. The third-order valence-corrected chi connectivity index (χ3v) is 6.06. The summed E-state index contributed by atoms with van der Waals surface area (Å²) in [7, 11) is 0. The number of halogens is 1. The smallest absolute Gasteiger partial charge is 0.173 e. The van der Waals surface area contributed by atoms with Crippen molar-refractivity contribution < 1.29 is 0 Å². The summed E-state index contributed by atoms with van der Waals surface area (Å²) in [5.41, 5.74) is 9.73. The van der Waals surface area contributed by atoms with Crippen molar-refractivity contribution in [2.45, 2.75) is 13.8 Å². The van der Waals surface area contributed by atoms with E-state index in [9.17, 15) is 0 Å². The van der Waals surface area contributed by atoms with Crippen LogP contribution < -0.4 is 27.1 Å². The van der Waals surface area contributed by atoms with Gasteiger partial charge in [-0.2, -0.15) is 0 Å². The normalized spacial score (nSPS) is 17.8. The van der Waals surface area contributed by atoms with E-state index in [2.05, 4.69) is 27.0 Å². The van der Waals surface area contributed by atoms with Gasteiger partial charge in [0, 0.05) is 66.1 Å². The summed E-state index contributed by atoms with van der Waals surface area (Å²) in [4.78, 5) is 14.2. The van der Waals surface area contributed by atoms with Gasteiger partial charge in [0.2, 0.25) is 0 Å². The molecule has 8 heteroatoms. The zero-order valence-corrected chi connectivity index (χ0v) is 18.7. The van der Waals surface area contributed by atoms with Crippen LogP contribution in [0.25, 0.3) is 29.2 Å². The maximum absolute atomic E-state index is 8.45. The van der Waals surface area contributed by atoms with E-state index >= 15 is 0 Å². The molecule has 0 atom stereocenters. The molecule has 0 amide bonds. The molecular formula is C23H28ClN7. The first-order chi connectivity index (χ1) is 15.0. The van der Waals surface area contributed by atoms with Gasteiger partial charge >= 0.3 is 0 Å². The first kappa shape index (κ1) is 21.5. The van der Waals surface area contributed by atoms with Crippen molar-refractivity contribution >= 4 is 29.6 Å². The number of rotatable bonds is 4. The van der Waals surface area contributed by atoms with Crippen LogP contribution in [0.15, 0.2) is 30.0 Å². The molecular weight excluding hydrogens is 410 g/mol. The Bertz CT molecular complexity index is 1190. The highest BCUT2D eigenvalue weighted by Crippen LogP contribution is 2.23. The van der Waals surface area contributed by atoms with Crippen molar-refractivity contribution in [1.82, 2.24) is 25.1 Å². The number of fused-ring (bicyclic) bond motifs is 1. The molecule has 162 valence electrons. The largest absolute Gasteiger partial charge is 0.400 e. The van der Waals surface area contributed by atoms with Gasteiger partial charge in [-0.05, 0) is 25.6 Å². The van der Waals surface area contributed by atoms with Crippen LogP contribution in [0.5, 0.6) is 0 Å². The summed E-state index contributed by atoms with van der Waals surface area (Å²) in [6.07, 6.45) is 3.93. The fraction of sp³-hybridized carbons (Fsp3) is 0.348. The third-order valence-electron chi connectivity index (χ3n) is 5.73. The first-order valence-corrected chi connectivity index (χ1v) is 10.9. The Hall–Kier alpha value is -2.74. The second-order valence-corrected chi connectivity index (χ2v) is 8.31. The molecule has 0 spiro atoms. The maximum atomic E-state index is 8.45. The van der Waals surface area contributed by atoms with Crippen LogP contribution in [0.4, 0.5) is 0 Å². The average Bonchev–Trinajstić information content (AvgIpc) is 2.90. The molecule has 4 N–H and O–H groups in total. The number of piperazine rings is 1. The van der Waals surface area contributed by atoms with Gasteiger partial charge in [0.25, 0.3) is 0 Å². The summed E-state index contributed by atoms with van der Waals surface area (Å²) in [6, 6.07) is 7.56. The van der Waals surface area contributed by atoms with Crippen LogP contribution in [-0.4, -0.2) is 59.0 Å². The fourth-order valence-corrected chi connectivity index (χ4v) is 4.16. The van der Waals surface area contributed by atoms with Gasteiger partial charge in [-0.25, -0.2) is 9.97 Å². The predicted octanol–water partition coefficient (Wildman–Crippen LogP) is 0.683. The molecule has 1 saturated heterocycles. The summed E-state index contributed by atoms with van der Waals surface area (Å²) in [5.74, 6) is 0. The van der Waals surface area contributed by atoms with E-state index in [-0.39, 0.29) is 5.49 Å². The molecule has 2 aromatic rings. The second-order valence-electron chi connectivity index (χ2n) is 7.90. The number of benzene rings is 1. The van der Waals surface area contributed by atoms with E-state index in [1.165, 1.54) is 0 Å². The van der Waals surface area contributed by atoms with Crippen LogP contribution in [0, 0.1) is 5.41 Å². The van der Waals surface area contributed by atoms with Gasteiger partial charge in [0.15, 0.2) is 5.49 Å². The zero-order chi connectivity index (χ0) is 22.0. The van der Waals surface area contributed by atoms with Crippen LogP contribution in [-0.2, 0) is 0 Å². The van der Waals surface area contributed by atoms with Gasteiger partial charge in [0.1, 0.15) is 5.35 Å². The van der Waals surface area contributed by atoms with Crippen molar-refractivity contribution in [2.75, 3.05) is 39.3 Å². The number of likely N-dealkylation sites (N-methyl/N-ethyl adjacent to an activating group) is 1. The molecule has 0 radical (unpaired) electrons. The minimum Gasteiger partial charge on any atom is -0.400 e. The Morgan fingerprint density at radius 1 is 1.16 bits per heavy atom. The van der Waals surface area contributed by atoms with Gasteiger partial charge in [-0.15, -0.1) is 0 Å². The summed E-state index contributed by atoms with van der Waals surface area (Å²) in [6.45, 7) is 10.1. The van der Waals surface area contributed by atoms with Crippen molar-refractivity contribution in [2.24, 2.45) is 5.73 Å². The molecule has 0 bridgehead atoms. The monoisotopic (exact) mass is 437 g/mol. The Balaban J connectivity index is 1.79. The third kappa shape index (κ3) is 4.63. The zero-order valence-electron chi connectivity index (χ0n) is 18.0. The lowest BCUT2D eigenvalue weighted by Crippen LogP contribution is -2.47. The molecule has 2 aliphatic heterocycles. The topological polar surface area (TPSA) is 94.2 Å². The van der Waals surface area contributed by atoms with E-state index in [1.807, 2.05) is 36.5 Å². The van der Waals surface area contributed by atoms with E-state index in [1.54, 1.807) is 6.92 Å². The van der Waals surface area contributed by atoms with E-state index < -0.39 is 0 Å². The standard InChI is InChI=1S/C23H28ClN7/c1-3-30-8-10-31(11-9-30)14-16-12-20-18(13-27-16)22(17-6-4-5-7-19(17)24)29-21(15(2)25)23(26)28-20/h4-7,12-13,26-27H,3,8-11,14,25H2,1-2H3/b21-15+,26-23?. The molecule has 2 aliphatic rings.